The second kappa shape index (κ2) is 9.50. The van der Waals surface area contributed by atoms with Crippen molar-refractivity contribution in [2.75, 3.05) is 13.1 Å². The van der Waals surface area contributed by atoms with E-state index in [1.807, 2.05) is 91.9 Å². The van der Waals surface area contributed by atoms with Gasteiger partial charge in [0.1, 0.15) is 0 Å². The Labute approximate surface area is 173 Å². The molecule has 3 aromatic rings. The van der Waals surface area contributed by atoms with Gasteiger partial charge in [-0.1, -0.05) is 97.1 Å². The Kier molecular flexibility index (Phi) is 6.81. The summed E-state index contributed by atoms with van der Waals surface area (Å²) in [6, 6.07) is 26.4. The molecule has 0 spiro atoms. The van der Waals surface area contributed by atoms with Gasteiger partial charge in [-0.3, -0.25) is 0 Å². The molecule has 0 aliphatic rings. The summed E-state index contributed by atoms with van der Waals surface area (Å²) >= 11 is 0. The van der Waals surface area contributed by atoms with Gasteiger partial charge >= 0.3 is 0 Å². The molecule has 29 heavy (non-hydrogen) atoms. The third-order valence-electron chi connectivity index (χ3n) is 4.63. The zero-order chi connectivity index (χ0) is 20.7. The van der Waals surface area contributed by atoms with E-state index in [9.17, 15) is 8.42 Å². The molecule has 0 radical (unpaired) electrons. The van der Waals surface area contributed by atoms with E-state index in [1.54, 1.807) is 12.1 Å². The van der Waals surface area contributed by atoms with E-state index in [2.05, 4.69) is 6.58 Å². The Balaban J connectivity index is 1.86. The Morgan fingerprint density at radius 3 is 2.10 bits per heavy atom. The highest BCUT2D eigenvalue weighted by molar-refractivity contribution is 7.89. The van der Waals surface area contributed by atoms with Crippen LogP contribution in [0.2, 0.25) is 0 Å². The van der Waals surface area contributed by atoms with Gasteiger partial charge in [-0.15, -0.1) is 0 Å². The van der Waals surface area contributed by atoms with Crippen molar-refractivity contribution < 1.29 is 8.42 Å². The van der Waals surface area contributed by atoms with E-state index in [1.165, 1.54) is 4.31 Å². The summed E-state index contributed by atoms with van der Waals surface area (Å²) in [5.41, 5.74) is 3.74. The van der Waals surface area contributed by atoms with E-state index < -0.39 is 10.0 Å². The SMILES string of the molecule is C=C(CN(C/C=C/c1ccccc1)S(=O)(=O)c1ccc(C)cc1)c1ccccc1. The molecule has 0 fully saturated rings. The molecule has 0 atom stereocenters. The van der Waals surface area contributed by atoms with Crippen LogP contribution in [0.15, 0.2) is 102 Å². The van der Waals surface area contributed by atoms with Crippen LogP contribution in [0.3, 0.4) is 0 Å². The summed E-state index contributed by atoms with van der Waals surface area (Å²) in [5.74, 6) is 0. The molecule has 0 amide bonds. The molecule has 0 saturated heterocycles. The van der Waals surface area contributed by atoms with Crippen molar-refractivity contribution in [3.63, 3.8) is 0 Å². The number of hydrogen-bond donors (Lipinski definition) is 0. The minimum atomic E-state index is -3.65. The number of hydrogen-bond acceptors (Lipinski definition) is 2. The number of sulfonamides is 1. The fraction of sp³-hybridized carbons (Fsp3) is 0.120. The zero-order valence-electron chi connectivity index (χ0n) is 16.5. The van der Waals surface area contributed by atoms with Crippen LogP contribution < -0.4 is 0 Å². The predicted molar refractivity (Wildman–Crippen MR) is 121 cm³/mol. The minimum Gasteiger partial charge on any atom is -0.207 e. The molecular weight excluding hydrogens is 378 g/mol. The first kappa shape index (κ1) is 20.8. The lowest BCUT2D eigenvalue weighted by molar-refractivity contribution is 0.478. The molecule has 148 valence electrons. The second-order valence-corrected chi connectivity index (χ2v) is 8.83. The summed E-state index contributed by atoms with van der Waals surface area (Å²) in [6.45, 7) is 6.54. The third kappa shape index (κ3) is 5.53. The lowest BCUT2D eigenvalue weighted by Gasteiger charge is -2.22. The van der Waals surface area contributed by atoms with E-state index in [0.717, 1.165) is 22.3 Å². The van der Waals surface area contributed by atoms with Crippen LogP contribution in [0.25, 0.3) is 11.6 Å². The molecule has 3 nitrogen and oxygen atoms in total. The first-order valence-electron chi connectivity index (χ1n) is 9.48. The van der Waals surface area contributed by atoms with Crippen molar-refractivity contribution in [1.29, 1.82) is 0 Å². The average molecular weight is 404 g/mol. The van der Waals surface area contributed by atoms with Crippen molar-refractivity contribution in [3.05, 3.63) is 114 Å². The van der Waals surface area contributed by atoms with Gasteiger partial charge in [0.15, 0.2) is 0 Å². The summed E-state index contributed by atoms with van der Waals surface area (Å²) in [5, 5.41) is 0. The topological polar surface area (TPSA) is 37.4 Å². The number of benzene rings is 3. The normalized spacial score (nSPS) is 11.8. The molecule has 0 bridgehead atoms. The molecular formula is C25H25NO2S. The number of aryl methyl sites for hydroxylation is 1. The highest BCUT2D eigenvalue weighted by Crippen LogP contribution is 2.21. The maximum atomic E-state index is 13.3. The van der Waals surface area contributed by atoms with Gasteiger partial charge in [0.2, 0.25) is 10.0 Å². The van der Waals surface area contributed by atoms with Crippen molar-refractivity contribution in [2.24, 2.45) is 0 Å². The highest BCUT2D eigenvalue weighted by Gasteiger charge is 2.24. The Bertz CT molecular complexity index is 1070. The van der Waals surface area contributed by atoms with Crippen LogP contribution in [-0.2, 0) is 10.0 Å². The third-order valence-corrected chi connectivity index (χ3v) is 6.45. The lowest BCUT2D eigenvalue weighted by Crippen LogP contribution is -2.32. The molecule has 4 heteroatoms. The quantitative estimate of drug-likeness (QED) is 0.504. The molecule has 3 rings (SSSR count). The number of rotatable bonds is 8. The van der Waals surface area contributed by atoms with Gasteiger partial charge < -0.3 is 0 Å². The first-order chi connectivity index (χ1) is 14.0. The Morgan fingerprint density at radius 2 is 1.48 bits per heavy atom. The van der Waals surface area contributed by atoms with Crippen LogP contribution >= 0.6 is 0 Å². The smallest absolute Gasteiger partial charge is 0.207 e. The molecule has 0 N–H and O–H groups in total. The fourth-order valence-corrected chi connectivity index (χ4v) is 4.34. The molecule has 0 heterocycles. The van der Waals surface area contributed by atoms with Crippen LogP contribution in [0.4, 0.5) is 0 Å². The largest absolute Gasteiger partial charge is 0.243 e. The van der Waals surface area contributed by atoms with Gasteiger partial charge in [-0.25, -0.2) is 8.42 Å². The standard InChI is InChI=1S/C25H25NO2S/c1-21-15-17-25(18-16-21)29(27,28)26(19-9-12-23-10-5-3-6-11-23)20-22(2)24-13-7-4-8-14-24/h3-18H,2,19-20H2,1H3/b12-9+. The van der Waals surface area contributed by atoms with Gasteiger partial charge in [-0.05, 0) is 35.8 Å². The summed E-state index contributed by atoms with van der Waals surface area (Å²) in [7, 11) is -3.65. The van der Waals surface area contributed by atoms with Crippen LogP contribution in [0, 0.1) is 6.92 Å². The Morgan fingerprint density at radius 1 is 0.897 bits per heavy atom. The van der Waals surface area contributed by atoms with E-state index in [0.29, 0.717) is 0 Å². The average Bonchev–Trinajstić information content (AvgIpc) is 2.74. The summed E-state index contributed by atoms with van der Waals surface area (Å²) < 4.78 is 28.1. The molecule has 0 aromatic heterocycles. The molecule has 0 unspecified atom stereocenters. The van der Waals surface area contributed by atoms with Gasteiger partial charge in [0, 0.05) is 13.1 Å². The molecule has 3 aromatic carbocycles. The fourth-order valence-electron chi connectivity index (χ4n) is 2.96. The maximum absolute atomic E-state index is 13.3. The van der Waals surface area contributed by atoms with Crippen LogP contribution in [-0.4, -0.2) is 25.8 Å². The van der Waals surface area contributed by atoms with Crippen LogP contribution in [0.1, 0.15) is 16.7 Å². The van der Waals surface area contributed by atoms with E-state index in [-0.39, 0.29) is 18.0 Å². The molecule has 0 saturated carbocycles. The lowest BCUT2D eigenvalue weighted by atomic mass is 10.1. The van der Waals surface area contributed by atoms with Gasteiger partial charge in [0.05, 0.1) is 4.90 Å². The number of nitrogens with zero attached hydrogens (tertiary/aromatic N) is 1. The van der Waals surface area contributed by atoms with Crippen molar-refractivity contribution in [3.8, 4) is 0 Å². The zero-order valence-corrected chi connectivity index (χ0v) is 17.3. The monoisotopic (exact) mass is 403 g/mol. The van der Waals surface area contributed by atoms with Crippen molar-refractivity contribution >= 4 is 21.7 Å². The first-order valence-corrected chi connectivity index (χ1v) is 10.9. The minimum absolute atomic E-state index is 0.222. The van der Waals surface area contributed by atoms with E-state index >= 15 is 0 Å². The van der Waals surface area contributed by atoms with Gasteiger partial charge in [0.25, 0.3) is 0 Å². The van der Waals surface area contributed by atoms with Crippen LogP contribution in [0.5, 0.6) is 0 Å². The molecule has 0 aliphatic heterocycles. The van der Waals surface area contributed by atoms with Gasteiger partial charge in [-0.2, -0.15) is 4.31 Å². The highest BCUT2D eigenvalue weighted by atomic mass is 32.2. The predicted octanol–water partition coefficient (Wildman–Crippen LogP) is 5.41. The van der Waals surface area contributed by atoms with Crippen molar-refractivity contribution in [1.82, 2.24) is 4.31 Å². The maximum Gasteiger partial charge on any atom is 0.243 e. The van der Waals surface area contributed by atoms with Crippen molar-refractivity contribution in [2.45, 2.75) is 11.8 Å². The second-order valence-electron chi connectivity index (χ2n) is 6.89. The molecule has 0 aliphatic carbocycles. The Hall–Kier alpha value is -2.95. The van der Waals surface area contributed by atoms with E-state index in [4.69, 9.17) is 0 Å². The summed E-state index contributed by atoms with van der Waals surface area (Å²) in [4.78, 5) is 0.289. The summed E-state index contributed by atoms with van der Waals surface area (Å²) in [6.07, 6.45) is 3.81.